The summed E-state index contributed by atoms with van der Waals surface area (Å²) in [4.78, 5) is 16.0. The van der Waals surface area contributed by atoms with Crippen LogP contribution in [0, 0.1) is 12.8 Å². The zero-order valence-corrected chi connectivity index (χ0v) is 16.9. The number of hydrogen-bond acceptors (Lipinski definition) is 3. The molecule has 1 aromatic rings. The molecule has 6 heteroatoms. The lowest BCUT2D eigenvalue weighted by molar-refractivity contribution is 0.194. The van der Waals surface area contributed by atoms with E-state index in [9.17, 15) is 4.79 Å². The quantitative estimate of drug-likeness (QED) is 0.781. The molecule has 1 aliphatic carbocycles. The topological polar surface area (TPSA) is 38.8 Å². The molecular weight excluding hydrogens is 372 g/mol. The molecule has 0 spiro atoms. The van der Waals surface area contributed by atoms with Crippen LogP contribution in [0.5, 0.6) is 0 Å². The van der Waals surface area contributed by atoms with Crippen LogP contribution in [0.15, 0.2) is 18.1 Å². The number of rotatable bonds is 5. The normalized spacial score (nSPS) is 44.3. The van der Waals surface area contributed by atoms with Gasteiger partial charge in [-0.2, -0.15) is 0 Å². The second kappa shape index (κ2) is 9.84. The lowest BCUT2D eigenvalue weighted by atomic mass is 9.84. The molecule has 5 nitrogen and oxygen atoms in total. The molecular formula is C22H35ClN4O. The van der Waals surface area contributed by atoms with E-state index in [0.717, 1.165) is 9.80 Å². The average Bonchev–Trinajstić information content (AvgIpc) is 2.89. The molecule has 1 N–H and O–H groups in total. The molecule has 0 atom stereocenters. The highest BCUT2D eigenvalue weighted by atomic mass is 35.5. The zero-order chi connectivity index (χ0) is 33.5. The van der Waals surface area contributed by atoms with Crippen molar-refractivity contribution in [3.8, 4) is 0 Å². The maximum Gasteiger partial charge on any atom is 0.317 e. The van der Waals surface area contributed by atoms with Crippen molar-refractivity contribution in [1.82, 2.24) is 15.1 Å². The molecule has 0 unspecified atom stereocenters. The van der Waals surface area contributed by atoms with Crippen LogP contribution in [0.1, 0.15) is 58.0 Å². The van der Waals surface area contributed by atoms with Gasteiger partial charge < -0.3 is 15.1 Å². The molecule has 1 saturated carbocycles. The number of nitrogens with one attached hydrogen (secondary N) is 1. The van der Waals surface area contributed by atoms with Crippen molar-refractivity contribution >= 4 is 23.3 Å². The number of benzene rings is 1. The summed E-state index contributed by atoms with van der Waals surface area (Å²) in [6.07, 6.45) is -16.2. The van der Waals surface area contributed by atoms with Gasteiger partial charge in [-0.05, 0) is 62.8 Å². The monoisotopic (exact) mass is 421 g/mol. The minimum absolute atomic E-state index is 0.0418. The average molecular weight is 422 g/mol. The maximum atomic E-state index is 12.4. The fourth-order valence-corrected chi connectivity index (χ4v) is 2.89. The maximum absolute atomic E-state index is 12.4. The molecule has 0 bridgehead atoms. The van der Waals surface area contributed by atoms with Crippen molar-refractivity contribution in [1.29, 1.82) is 0 Å². The molecule has 28 heavy (non-hydrogen) atoms. The van der Waals surface area contributed by atoms with Crippen molar-refractivity contribution in [2.75, 3.05) is 51.7 Å². The number of anilines is 1. The molecule has 2 aliphatic rings. The third-order valence-corrected chi connectivity index (χ3v) is 4.82. The fourth-order valence-electron chi connectivity index (χ4n) is 2.68. The Kier molecular flexibility index (Phi) is 3.21. The van der Waals surface area contributed by atoms with Crippen LogP contribution in [-0.2, 0) is 0 Å². The van der Waals surface area contributed by atoms with Gasteiger partial charge in [-0.25, -0.2) is 4.79 Å². The van der Waals surface area contributed by atoms with Gasteiger partial charge in [-0.3, -0.25) is 4.90 Å². The Morgan fingerprint density at radius 3 is 2.64 bits per heavy atom. The second-order valence-corrected chi connectivity index (χ2v) is 7.03. The van der Waals surface area contributed by atoms with E-state index in [4.69, 9.17) is 32.2 Å². The van der Waals surface area contributed by atoms with Crippen LogP contribution >= 0.6 is 11.6 Å². The van der Waals surface area contributed by atoms with Gasteiger partial charge in [0.2, 0.25) is 0 Å². The van der Waals surface area contributed by atoms with Crippen molar-refractivity contribution in [3.05, 3.63) is 28.7 Å². The fraction of sp³-hybridized carbons (Fsp3) is 0.682. The lowest BCUT2D eigenvalue weighted by Gasteiger charge is -2.37. The van der Waals surface area contributed by atoms with Gasteiger partial charge in [-0.15, -0.1) is 0 Å². The minimum Gasteiger partial charge on any atom is -0.368 e. The highest BCUT2D eigenvalue weighted by Gasteiger charge is 2.24. The zero-order valence-electron chi connectivity index (χ0n) is 31.2. The number of nitrogens with zero attached hydrogens (tertiary/aromatic N) is 3. The number of piperazine rings is 1. The Morgan fingerprint density at radius 2 is 2.00 bits per heavy atom. The summed E-state index contributed by atoms with van der Waals surface area (Å²) in [5.41, 5.74) is 0.481. The Labute approximate surface area is 196 Å². The van der Waals surface area contributed by atoms with E-state index in [-0.39, 0.29) is 55.0 Å². The van der Waals surface area contributed by atoms with Crippen molar-refractivity contribution in [2.24, 2.45) is 5.89 Å². The summed E-state index contributed by atoms with van der Waals surface area (Å²) in [5.74, 6) is -3.44. The van der Waals surface area contributed by atoms with Gasteiger partial charge in [0.1, 0.15) is 0 Å². The van der Waals surface area contributed by atoms with Gasteiger partial charge >= 0.3 is 6.03 Å². The predicted octanol–water partition coefficient (Wildman–Crippen LogP) is 3.99. The van der Waals surface area contributed by atoms with Gasteiger partial charge in [-0.1, -0.05) is 23.7 Å². The molecule has 2 fully saturated rings. The molecule has 156 valence electrons. The van der Waals surface area contributed by atoms with E-state index in [1.54, 1.807) is 10.2 Å². The minimum atomic E-state index is -3.73. The van der Waals surface area contributed by atoms with Gasteiger partial charge in [0.25, 0.3) is 0 Å². The second-order valence-electron chi connectivity index (χ2n) is 6.65. The van der Waals surface area contributed by atoms with E-state index >= 15 is 0 Å². The molecule has 3 rings (SSSR count). The highest BCUT2D eigenvalue weighted by Crippen LogP contribution is 2.30. The van der Waals surface area contributed by atoms with Crippen molar-refractivity contribution in [3.63, 3.8) is 0 Å². The first-order valence-electron chi connectivity index (χ1n) is 16.4. The summed E-state index contributed by atoms with van der Waals surface area (Å²) in [6.45, 7) is -1.29. The van der Waals surface area contributed by atoms with E-state index in [1.807, 2.05) is 0 Å². The van der Waals surface area contributed by atoms with Crippen LogP contribution in [0.3, 0.4) is 0 Å². The van der Waals surface area contributed by atoms with E-state index in [2.05, 4.69) is 0 Å². The van der Waals surface area contributed by atoms with Gasteiger partial charge in [0.15, 0.2) is 0 Å². The third kappa shape index (κ3) is 5.54. The summed E-state index contributed by atoms with van der Waals surface area (Å²) >= 11 is 6.39. The summed E-state index contributed by atoms with van der Waals surface area (Å²) in [5, 5.41) is 1.87. The Bertz CT molecular complexity index is 1230. The SMILES string of the molecule is [2H]c1c([2H])c(C)c(Cl)c(N2CCN(C([2H])([2H])C[C@]3([2H])C([2H])([2H])C([2H])([2H])[C@@]([2H])(NC(=O)N(C)C)C([2H])([2H])C3([2H])[2H])CC2)c1[2H]. The molecule has 1 saturated heterocycles. The lowest BCUT2D eigenvalue weighted by Crippen LogP contribution is -2.47. The molecule has 1 aromatic carbocycles. The van der Waals surface area contributed by atoms with Crippen molar-refractivity contribution < 1.29 is 25.4 Å². The summed E-state index contributed by atoms with van der Waals surface area (Å²) < 4.78 is 128. The van der Waals surface area contributed by atoms with Crippen LogP contribution in [0.25, 0.3) is 0 Å². The van der Waals surface area contributed by atoms with E-state index in [0.29, 0.717) is 5.56 Å². The van der Waals surface area contributed by atoms with E-state index in [1.165, 1.54) is 21.0 Å². The first-order chi connectivity index (χ1) is 19.2. The largest absolute Gasteiger partial charge is 0.368 e. The van der Waals surface area contributed by atoms with Crippen LogP contribution in [0.4, 0.5) is 10.5 Å². The number of carbonyl (C=O) groups excluding carboxylic acids is 1. The first kappa shape index (κ1) is 9.13. The van der Waals surface area contributed by atoms with Crippen LogP contribution in [0.2, 0.25) is 5.02 Å². The number of amides is 2. The number of urea groups is 1. The predicted molar refractivity (Wildman–Crippen MR) is 117 cm³/mol. The Balaban J connectivity index is 1.98. The smallest absolute Gasteiger partial charge is 0.317 e. The van der Waals surface area contributed by atoms with Crippen LogP contribution in [-0.4, -0.2) is 68.6 Å². The van der Waals surface area contributed by atoms with Crippen molar-refractivity contribution in [2.45, 2.75) is 44.9 Å². The molecule has 2 amide bonds. The number of hydrogen-bond donors (Lipinski definition) is 1. The highest BCUT2D eigenvalue weighted by molar-refractivity contribution is 6.34. The third-order valence-electron chi connectivity index (χ3n) is 4.36. The van der Waals surface area contributed by atoms with Crippen LogP contribution < -0.4 is 10.2 Å². The number of carbonyl (C=O) groups is 1. The Hall–Kier alpha value is -1.46. The summed E-state index contributed by atoms with van der Waals surface area (Å²) in [7, 11) is 2.41. The summed E-state index contributed by atoms with van der Waals surface area (Å²) in [6, 6.07) is -5.56. The van der Waals surface area contributed by atoms with Gasteiger partial charge in [0.05, 0.1) is 16.2 Å². The molecule has 1 aliphatic heterocycles. The number of halogens is 1. The van der Waals surface area contributed by atoms with E-state index < -0.39 is 56.4 Å². The standard InChI is InChI=1S/C22H35ClN4O/c1-17-5-4-6-20(21(17)23)27-15-13-26(14-16-27)12-11-18-7-9-19(10-8-18)24-22(28)25(2)3/h4-6,18-19H,7-16H2,1-3H3,(H,24,28)/t18-,19-/i4D,5D,6D,7D2,8D2,9D2,10D2,12D2,18D,19D. The molecule has 0 radical (unpaired) electrons. The first-order valence-corrected chi connectivity index (χ1v) is 9.31. The molecule has 1 heterocycles. The molecule has 0 aromatic heterocycles. The Morgan fingerprint density at radius 1 is 1.32 bits per heavy atom. The van der Waals surface area contributed by atoms with Gasteiger partial charge in [0, 0.05) is 61.4 Å².